The minimum atomic E-state index is -3.69. The molecule has 0 amide bonds. The summed E-state index contributed by atoms with van der Waals surface area (Å²) in [5.74, 6) is 0. The van der Waals surface area contributed by atoms with E-state index in [0.717, 1.165) is 16.7 Å². The number of hydrogen-bond donors (Lipinski definition) is 2. The van der Waals surface area contributed by atoms with Gasteiger partial charge >= 0.3 is 0 Å². The molecule has 2 aromatic rings. The molecule has 0 saturated carbocycles. The monoisotopic (exact) mass is 345 g/mol. The van der Waals surface area contributed by atoms with Gasteiger partial charge in [-0.3, -0.25) is 0 Å². The molecule has 24 heavy (non-hydrogen) atoms. The molecule has 0 heterocycles. The Bertz CT molecular complexity index is 836. The highest BCUT2D eigenvalue weighted by atomic mass is 32.2. The van der Waals surface area contributed by atoms with Gasteiger partial charge in [0.05, 0.1) is 17.0 Å². The van der Waals surface area contributed by atoms with Crippen molar-refractivity contribution in [3.63, 3.8) is 0 Å². The van der Waals surface area contributed by atoms with Crippen LogP contribution in [-0.2, 0) is 21.9 Å². The van der Waals surface area contributed by atoms with E-state index in [4.69, 9.17) is 0 Å². The maximum absolute atomic E-state index is 12.7. The largest absolute Gasteiger partial charge is 0.391 e. The number of rotatable bonds is 3. The van der Waals surface area contributed by atoms with Gasteiger partial charge < -0.3 is 5.11 Å². The molecule has 2 atom stereocenters. The maximum Gasteiger partial charge on any atom is 0.241 e. The SMILES string of the molecule is CC(C)(C)c1ccc(S(=O)(=O)NC2c3ccccc3CC2O)cc1. The zero-order valence-corrected chi connectivity index (χ0v) is 15.0. The van der Waals surface area contributed by atoms with Crippen LogP contribution in [0.4, 0.5) is 0 Å². The molecular weight excluding hydrogens is 322 g/mol. The summed E-state index contributed by atoms with van der Waals surface area (Å²) in [7, 11) is -3.69. The van der Waals surface area contributed by atoms with E-state index >= 15 is 0 Å². The first-order valence-electron chi connectivity index (χ1n) is 8.07. The number of nitrogens with one attached hydrogen (secondary N) is 1. The average molecular weight is 345 g/mol. The van der Waals surface area contributed by atoms with Crippen LogP contribution in [0.15, 0.2) is 53.4 Å². The van der Waals surface area contributed by atoms with E-state index in [-0.39, 0.29) is 10.3 Å². The fraction of sp³-hybridized carbons (Fsp3) is 0.368. The van der Waals surface area contributed by atoms with Crippen molar-refractivity contribution in [3.05, 3.63) is 65.2 Å². The normalized spacial score (nSPS) is 20.8. The molecule has 0 aliphatic heterocycles. The van der Waals surface area contributed by atoms with E-state index in [0.29, 0.717) is 6.42 Å². The van der Waals surface area contributed by atoms with Crippen molar-refractivity contribution in [1.29, 1.82) is 0 Å². The molecule has 2 aromatic carbocycles. The average Bonchev–Trinajstić information content (AvgIpc) is 2.82. The topological polar surface area (TPSA) is 66.4 Å². The van der Waals surface area contributed by atoms with Crippen LogP contribution >= 0.6 is 0 Å². The smallest absolute Gasteiger partial charge is 0.241 e. The third-order valence-corrected chi connectivity index (χ3v) is 5.97. The summed E-state index contributed by atoms with van der Waals surface area (Å²) in [5.41, 5.74) is 2.88. The molecule has 0 spiro atoms. The van der Waals surface area contributed by atoms with Gasteiger partial charge in [-0.2, -0.15) is 0 Å². The van der Waals surface area contributed by atoms with Crippen LogP contribution in [0.25, 0.3) is 0 Å². The molecule has 5 heteroatoms. The number of sulfonamides is 1. The van der Waals surface area contributed by atoms with Gasteiger partial charge in [0.15, 0.2) is 0 Å². The first kappa shape index (κ1) is 17.1. The van der Waals surface area contributed by atoms with Gasteiger partial charge in [-0.05, 0) is 34.2 Å². The first-order valence-corrected chi connectivity index (χ1v) is 9.55. The van der Waals surface area contributed by atoms with Gasteiger partial charge in [-0.1, -0.05) is 57.2 Å². The Hall–Kier alpha value is -1.69. The number of aliphatic hydroxyl groups is 1. The number of hydrogen-bond acceptors (Lipinski definition) is 3. The zero-order valence-electron chi connectivity index (χ0n) is 14.2. The highest BCUT2D eigenvalue weighted by molar-refractivity contribution is 7.89. The summed E-state index contributed by atoms with van der Waals surface area (Å²) >= 11 is 0. The molecule has 0 radical (unpaired) electrons. The third-order valence-electron chi connectivity index (χ3n) is 4.52. The molecule has 0 bridgehead atoms. The lowest BCUT2D eigenvalue weighted by Crippen LogP contribution is -2.33. The standard InChI is InChI=1S/C19H23NO3S/c1-19(2,3)14-8-10-15(11-9-14)24(22,23)20-18-16-7-5-4-6-13(16)12-17(18)21/h4-11,17-18,20-21H,12H2,1-3H3. The minimum Gasteiger partial charge on any atom is -0.391 e. The quantitative estimate of drug-likeness (QED) is 0.899. The second kappa shape index (κ2) is 5.99. The molecule has 3 rings (SSSR count). The summed E-state index contributed by atoms with van der Waals surface area (Å²) in [6, 6.07) is 13.9. The molecule has 2 N–H and O–H groups in total. The highest BCUT2D eigenvalue weighted by Gasteiger charge is 2.34. The summed E-state index contributed by atoms with van der Waals surface area (Å²) in [5, 5.41) is 10.2. The summed E-state index contributed by atoms with van der Waals surface area (Å²) in [4.78, 5) is 0.215. The summed E-state index contributed by atoms with van der Waals surface area (Å²) in [6.45, 7) is 6.25. The van der Waals surface area contributed by atoms with Crippen LogP contribution in [0.3, 0.4) is 0 Å². The van der Waals surface area contributed by atoms with Crippen LogP contribution in [0.1, 0.15) is 43.5 Å². The number of benzene rings is 2. The molecule has 0 fully saturated rings. The van der Waals surface area contributed by atoms with Crippen molar-refractivity contribution in [1.82, 2.24) is 4.72 Å². The van der Waals surface area contributed by atoms with E-state index in [2.05, 4.69) is 25.5 Å². The molecule has 4 nitrogen and oxygen atoms in total. The zero-order chi connectivity index (χ0) is 17.5. The van der Waals surface area contributed by atoms with E-state index in [9.17, 15) is 13.5 Å². The second-order valence-corrected chi connectivity index (χ2v) is 9.06. The molecular formula is C19H23NO3S. The molecule has 1 aliphatic rings. The Kier molecular flexibility index (Phi) is 4.28. The van der Waals surface area contributed by atoms with Crippen molar-refractivity contribution in [2.75, 3.05) is 0 Å². The highest BCUT2D eigenvalue weighted by Crippen LogP contribution is 2.32. The van der Waals surface area contributed by atoms with Gasteiger partial charge in [0.25, 0.3) is 0 Å². The fourth-order valence-electron chi connectivity index (χ4n) is 3.09. The van der Waals surface area contributed by atoms with E-state index in [1.165, 1.54) is 0 Å². The molecule has 2 unspecified atom stereocenters. The van der Waals surface area contributed by atoms with Gasteiger partial charge in [-0.15, -0.1) is 0 Å². The summed E-state index contributed by atoms with van der Waals surface area (Å²) in [6.07, 6.45) is -0.280. The van der Waals surface area contributed by atoms with Crippen LogP contribution in [-0.4, -0.2) is 19.6 Å². The molecule has 128 valence electrons. The van der Waals surface area contributed by atoms with Crippen molar-refractivity contribution in [2.24, 2.45) is 0 Å². The van der Waals surface area contributed by atoms with Crippen LogP contribution in [0, 0.1) is 0 Å². The van der Waals surface area contributed by atoms with Crippen LogP contribution in [0.5, 0.6) is 0 Å². The van der Waals surface area contributed by atoms with E-state index in [1.54, 1.807) is 12.1 Å². The molecule has 0 saturated heterocycles. The predicted molar refractivity (Wildman–Crippen MR) is 94.4 cm³/mol. The Balaban J connectivity index is 1.87. The van der Waals surface area contributed by atoms with Crippen LogP contribution < -0.4 is 4.72 Å². The van der Waals surface area contributed by atoms with Crippen molar-refractivity contribution in [2.45, 2.75) is 49.6 Å². The van der Waals surface area contributed by atoms with Gasteiger partial charge in [0.1, 0.15) is 0 Å². The van der Waals surface area contributed by atoms with E-state index in [1.807, 2.05) is 36.4 Å². The third kappa shape index (κ3) is 3.24. The van der Waals surface area contributed by atoms with Crippen molar-refractivity contribution in [3.8, 4) is 0 Å². The fourth-order valence-corrected chi connectivity index (χ4v) is 4.33. The number of aliphatic hydroxyl groups excluding tert-OH is 1. The lowest BCUT2D eigenvalue weighted by molar-refractivity contribution is 0.151. The van der Waals surface area contributed by atoms with Gasteiger partial charge in [-0.25, -0.2) is 13.1 Å². The van der Waals surface area contributed by atoms with Gasteiger partial charge in [0.2, 0.25) is 10.0 Å². The first-order chi connectivity index (χ1) is 11.2. The van der Waals surface area contributed by atoms with Crippen molar-refractivity contribution < 1.29 is 13.5 Å². The van der Waals surface area contributed by atoms with E-state index < -0.39 is 22.2 Å². The Morgan fingerprint density at radius 3 is 2.29 bits per heavy atom. The molecule has 1 aliphatic carbocycles. The van der Waals surface area contributed by atoms with Crippen molar-refractivity contribution >= 4 is 10.0 Å². The molecule has 0 aromatic heterocycles. The summed E-state index contributed by atoms with van der Waals surface area (Å²) < 4.78 is 28.0. The second-order valence-electron chi connectivity index (χ2n) is 7.34. The predicted octanol–water partition coefficient (Wildman–Crippen LogP) is 2.92. The minimum absolute atomic E-state index is 0.0314. The maximum atomic E-state index is 12.7. The Labute approximate surface area is 143 Å². The Morgan fingerprint density at radius 1 is 1.04 bits per heavy atom. The lowest BCUT2D eigenvalue weighted by atomic mass is 9.87. The van der Waals surface area contributed by atoms with Crippen LogP contribution in [0.2, 0.25) is 0 Å². The number of fused-ring (bicyclic) bond motifs is 1. The Morgan fingerprint density at radius 2 is 1.67 bits per heavy atom. The van der Waals surface area contributed by atoms with Gasteiger partial charge in [0, 0.05) is 6.42 Å². The lowest BCUT2D eigenvalue weighted by Gasteiger charge is -2.20.